The maximum atomic E-state index is 12.9. The fraction of sp³-hybridized carbons (Fsp3) is 0.238. The van der Waals surface area contributed by atoms with Gasteiger partial charge in [0.25, 0.3) is 5.91 Å². The number of benzene rings is 2. The van der Waals surface area contributed by atoms with Crippen molar-refractivity contribution in [2.45, 2.75) is 20.3 Å². The maximum Gasteiger partial charge on any atom is 0.266 e. The molecule has 2 aromatic rings. The number of carbonyl (C=O) groups is 1. The molecule has 1 N–H and O–H groups in total. The topological polar surface area (TPSA) is 62.1 Å². The summed E-state index contributed by atoms with van der Waals surface area (Å²) in [5.41, 5.74) is 1.21. The first-order chi connectivity index (χ1) is 13.9. The third-order valence-electron chi connectivity index (χ3n) is 4.05. The van der Waals surface area contributed by atoms with E-state index in [0.717, 1.165) is 17.9 Å². The first-order valence-corrected chi connectivity index (χ1v) is 11.1. The Labute approximate surface area is 187 Å². The summed E-state index contributed by atoms with van der Waals surface area (Å²) in [5.74, 6) is 0.672. The fourth-order valence-electron chi connectivity index (χ4n) is 2.74. The summed E-state index contributed by atoms with van der Waals surface area (Å²) in [5, 5.41) is 11.4. The van der Waals surface area contributed by atoms with E-state index >= 15 is 0 Å². The van der Waals surface area contributed by atoms with E-state index in [1.54, 1.807) is 23.1 Å². The zero-order chi connectivity index (χ0) is 21.0. The largest absolute Gasteiger partial charge is 0.506 e. The number of carbonyl (C=O) groups excluding carboxylic acids is 1. The smallest absolute Gasteiger partial charge is 0.266 e. The molecule has 1 amide bonds. The number of hydrogen-bond acceptors (Lipinski definition) is 5. The number of ether oxygens (including phenoxy) is 1. The highest BCUT2D eigenvalue weighted by atomic mass is 79.9. The van der Waals surface area contributed by atoms with E-state index in [1.807, 2.05) is 38.1 Å². The summed E-state index contributed by atoms with van der Waals surface area (Å²) in [7, 11) is 0. The van der Waals surface area contributed by atoms with Crippen LogP contribution >= 0.6 is 39.3 Å². The van der Waals surface area contributed by atoms with Crippen LogP contribution in [0.4, 0.5) is 5.69 Å². The molecule has 3 rings (SSSR count). The van der Waals surface area contributed by atoms with Gasteiger partial charge in [0, 0.05) is 17.1 Å². The van der Waals surface area contributed by atoms with Crippen LogP contribution in [0.5, 0.6) is 11.5 Å². The van der Waals surface area contributed by atoms with Crippen LogP contribution < -0.4 is 4.74 Å². The average molecular weight is 496 g/mol. The molecule has 1 aliphatic rings. The van der Waals surface area contributed by atoms with E-state index in [-0.39, 0.29) is 11.7 Å². The van der Waals surface area contributed by atoms with Crippen molar-refractivity contribution in [1.29, 1.82) is 0 Å². The second-order valence-corrected chi connectivity index (χ2v) is 8.51. The van der Waals surface area contributed by atoms with Gasteiger partial charge in [-0.2, -0.15) is 0 Å². The molecule has 0 radical (unpaired) electrons. The summed E-state index contributed by atoms with van der Waals surface area (Å²) in [4.78, 5) is 19.7. The van der Waals surface area contributed by atoms with Crippen LogP contribution in [0.1, 0.15) is 25.8 Å². The number of rotatable bonds is 6. The molecule has 0 aromatic heterocycles. The Morgan fingerprint density at radius 3 is 2.66 bits per heavy atom. The molecular weight excluding hydrogens is 476 g/mol. The highest BCUT2D eigenvalue weighted by Crippen LogP contribution is 2.38. The minimum absolute atomic E-state index is 0.0363. The standard InChI is InChI=1S/C21H20BrClN2O3S/c1-3-9-25-20(27)18(11-13-10-14(23)12-17(22)19(13)26)29-21(25)24-15-5-7-16(8-6-15)28-4-2/h5-8,10-12,26H,3-4,9H2,1-2H3. The van der Waals surface area contributed by atoms with E-state index < -0.39 is 0 Å². The van der Waals surface area contributed by atoms with E-state index in [2.05, 4.69) is 20.9 Å². The number of amidine groups is 1. The molecule has 0 bridgehead atoms. The van der Waals surface area contributed by atoms with Crippen LogP contribution in [0.3, 0.4) is 0 Å². The van der Waals surface area contributed by atoms with Crippen LogP contribution in [0.25, 0.3) is 6.08 Å². The molecule has 0 saturated carbocycles. The van der Waals surface area contributed by atoms with Gasteiger partial charge in [0.15, 0.2) is 5.17 Å². The van der Waals surface area contributed by atoms with Gasteiger partial charge < -0.3 is 9.84 Å². The number of phenolic OH excluding ortho intramolecular Hbond substituents is 1. The number of aromatic hydroxyl groups is 1. The quantitative estimate of drug-likeness (QED) is 0.483. The molecule has 152 valence electrons. The van der Waals surface area contributed by atoms with Gasteiger partial charge in [-0.25, -0.2) is 4.99 Å². The highest BCUT2D eigenvalue weighted by Gasteiger charge is 2.33. The predicted molar refractivity (Wildman–Crippen MR) is 123 cm³/mol. The first kappa shape index (κ1) is 21.7. The normalized spacial score (nSPS) is 16.8. The van der Waals surface area contributed by atoms with Gasteiger partial charge in [-0.3, -0.25) is 9.69 Å². The monoisotopic (exact) mass is 494 g/mol. The van der Waals surface area contributed by atoms with Crippen molar-refractivity contribution in [3.63, 3.8) is 0 Å². The Balaban J connectivity index is 1.94. The lowest BCUT2D eigenvalue weighted by Crippen LogP contribution is -2.29. The molecule has 1 saturated heterocycles. The van der Waals surface area contributed by atoms with Crippen LogP contribution in [-0.4, -0.2) is 34.2 Å². The lowest BCUT2D eigenvalue weighted by atomic mass is 10.2. The number of phenols is 1. The lowest BCUT2D eigenvalue weighted by Gasteiger charge is -2.14. The third-order valence-corrected chi connectivity index (χ3v) is 5.88. The van der Waals surface area contributed by atoms with Crippen molar-refractivity contribution in [2.75, 3.05) is 13.2 Å². The number of hydrogen-bond donors (Lipinski definition) is 1. The van der Waals surface area contributed by atoms with Crippen LogP contribution in [0, 0.1) is 0 Å². The number of aliphatic imine (C=N–C) groups is 1. The second-order valence-electron chi connectivity index (χ2n) is 6.21. The van der Waals surface area contributed by atoms with Crippen molar-refractivity contribution in [2.24, 2.45) is 4.99 Å². The molecule has 1 aliphatic heterocycles. The number of nitrogens with zero attached hydrogens (tertiary/aromatic N) is 2. The predicted octanol–water partition coefficient (Wildman–Crippen LogP) is 6.22. The zero-order valence-corrected chi connectivity index (χ0v) is 19.1. The Morgan fingerprint density at radius 2 is 2.00 bits per heavy atom. The van der Waals surface area contributed by atoms with Gasteiger partial charge in [-0.1, -0.05) is 18.5 Å². The van der Waals surface area contributed by atoms with Crippen LogP contribution in [0.15, 0.2) is 50.8 Å². The molecule has 29 heavy (non-hydrogen) atoms. The van der Waals surface area contributed by atoms with Gasteiger partial charge in [0.2, 0.25) is 0 Å². The Bertz CT molecular complexity index is 977. The van der Waals surface area contributed by atoms with Crippen molar-refractivity contribution in [3.8, 4) is 11.5 Å². The van der Waals surface area contributed by atoms with Crippen LogP contribution in [0.2, 0.25) is 5.02 Å². The number of halogens is 2. The molecule has 2 aromatic carbocycles. The van der Waals surface area contributed by atoms with E-state index in [9.17, 15) is 9.90 Å². The molecule has 0 aliphatic carbocycles. The Hall–Kier alpha value is -1.96. The second kappa shape index (κ2) is 9.69. The summed E-state index contributed by atoms with van der Waals surface area (Å²) < 4.78 is 5.93. The molecule has 0 atom stereocenters. The SMILES string of the molecule is CCCN1C(=O)C(=Cc2cc(Cl)cc(Br)c2O)SC1=Nc1ccc(OCC)cc1. The Kier molecular flexibility index (Phi) is 7.27. The molecule has 5 nitrogen and oxygen atoms in total. The van der Waals surface area contributed by atoms with E-state index in [1.165, 1.54) is 11.8 Å². The van der Waals surface area contributed by atoms with Gasteiger partial charge in [0.1, 0.15) is 11.5 Å². The van der Waals surface area contributed by atoms with Gasteiger partial charge in [0.05, 0.1) is 21.7 Å². The summed E-state index contributed by atoms with van der Waals surface area (Å²) in [6, 6.07) is 10.6. The molecule has 0 unspecified atom stereocenters. The van der Waals surface area contributed by atoms with E-state index in [4.69, 9.17) is 16.3 Å². The molecule has 1 heterocycles. The van der Waals surface area contributed by atoms with Crippen molar-refractivity contribution in [1.82, 2.24) is 4.90 Å². The minimum atomic E-state index is -0.142. The highest BCUT2D eigenvalue weighted by molar-refractivity contribution is 9.10. The fourth-order valence-corrected chi connectivity index (χ4v) is 4.59. The average Bonchev–Trinajstić information content (AvgIpc) is 2.96. The third kappa shape index (κ3) is 5.15. The Morgan fingerprint density at radius 1 is 1.28 bits per heavy atom. The van der Waals surface area contributed by atoms with Crippen molar-refractivity contribution in [3.05, 3.63) is 56.4 Å². The van der Waals surface area contributed by atoms with Crippen molar-refractivity contribution >= 4 is 62.1 Å². The maximum absolute atomic E-state index is 12.9. The van der Waals surface area contributed by atoms with Gasteiger partial charge >= 0.3 is 0 Å². The summed E-state index contributed by atoms with van der Waals surface area (Å²) >= 11 is 10.6. The summed E-state index contributed by atoms with van der Waals surface area (Å²) in [6.07, 6.45) is 2.44. The minimum Gasteiger partial charge on any atom is -0.506 e. The van der Waals surface area contributed by atoms with Crippen molar-refractivity contribution < 1.29 is 14.6 Å². The van der Waals surface area contributed by atoms with Crippen LogP contribution in [-0.2, 0) is 4.79 Å². The first-order valence-electron chi connectivity index (χ1n) is 9.14. The van der Waals surface area contributed by atoms with E-state index in [0.29, 0.717) is 38.3 Å². The lowest BCUT2D eigenvalue weighted by molar-refractivity contribution is -0.122. The molecular formula is C21H20BrClN2O3S. The number of amides is 1. The molecule has 8 heteroatoms. The zero-order valence-electron chi connectivity index (χ0n) is 16.0. The summed E-state index contributed by atoms with van der Waals surface area (Å²) in [6.45, 7) is 5.10. The number of thioether (sulfide) groups is 1. The van der Waals surface area contributed by atoms with Gasteiger partial charge in [-0.15, -0.1) is 0 Å². The molecule has 1 fully saturated rings. The molecule has 0 spiro atoms. The van der Waals surface area contributed by atoms with Gasteiger partial charge in [-0.05, 0) is 83.5 Å².